The van der Waals surface area contributed by atoms with E-state index in [2.05, 4.69) is 9.98 Å². The normalized spacial score (nSPS) is 20.8. The first-order valence-electron chi connectivity index (χ1n) is 8.56. The third-order valence-electron chi connectivity index (χ3n) is 4.49. The van der Waals surface area contributed by atoms with Crippen LogP contribution in [0.5, 0.6) is 11.5 Å². The SMILES string of the molecule is Oc1cc(Cl)ccc1C=N[C@H]1CCCC[C@H]1N=Cc1ccc(Cl)cc1O. The molecule has 0 saturated heterocycles. The van der Waals surface area contributed by atoms with Crippen LogP contribution in [0.15, 0.2) is 46.4 Å². The molecule has 0 bridgehead atoms. The van der Waals surface area contributed by atoms with Gasteiger partial charge in [-0.05, 0) is 49.2 Å². The first kappa shape index (κ1) is 18.7. The van der Waals surface area contributed by atoms with Crippen molar-refractivity contribution in [2.24, 2.45) is 9.98 Å². The minimum absolute atomic E-state index is 0.0459. The number of aliphatic imine (C=N–C) groups is 2. The molecule has 1 aliphatic carbocycles. The number of benzene rings is 2. The second kappa shape index (κ2) is 8.56. The summed E-state index contributed by atoms with van der Waals surface area (Å²) in [6, 6.07) is 10.0. The second-order valence-corrected chi connectivity index (χ2v) is 7.25. The van der Waals surface area contributed by atoms with Gasteiger partial charge in [0.15, 0.2) is 0 Å². The third-order valence-corrected chi connectivity index (χ3v) is 4.96. The number of nitrogens with zero attached hydrogens (tertiary/aromatic N) is 2. The van der Waals surface area contributed by atoms with E-state index in [0.29, 0.717) is 21.2 Å². The van der Waals surface area contributed by atoms with Gasteiger partial charge >= 0.3 is 0 Å². The zero-order chi connectivity index (χ0) is 18.5. The Bertz CT molecular complexity index is 767. The molecule has 0 radical (unpaired) electrons. The Balaban J connectivity index is 1.75. The summed E-state index contributed by atoms with van der Waals surface area (Å²) in [5, 5.41) is 20.9. The van der Waals surface area contributed by atoms with Gasteiger partial charge in [-0.2, -0.15) is 0 Å². The molecule has 2 N–H and O–H groups in total. The molecule has 2 aromatic rings. The molecule has 1 saturated carbocycles. The van der Waals surface area contributed by atoms with E-state index in [9.17, 15) is 10.2 Å². The molecule has 6 heteroatoms. The Kier molecular flexibility index (Phi) is 6.17. The van der Waals surface area contributed by atoms with Gasteiger partial charge in [0, 0.05) is 33.6 Å². The Hall–Kier alpha value is -2.04. The molecule has 136 valence electrons. The van der Waals surface area contributed by atoms with E-state index >= 15 is 0 Å². The summed E-state index contributed by atoms with van der Waals surface area (Å²) < 4.78 is 0. The molecule has 0 aliphatic heterocycles. The van der Waals surface area contributed by atoms with Crippen LogP contribution >= 0.6 is 23.2 Å². The molecular formula is C20H20Cl2N2O2. The minimum Gasteiger partial charge on any atom is -0.507 e. The second-order valence-electron chi connectivity index (χ2n) is 6.38. The van der Waals surface area contributed by atoms with E-state index in [4.69, 9.17) is 23.2 Å². The molecule has 3 rings (SSSR count). The van der Waals surface area contributed by atoms with Crippen LogP contribution < -0.4 is 0 Å². The number of aromatic hydroxyl groups is 2. The Morgan fingerprint density at radius 2 is 1.19 bits per heavy atom. The molecule has 1 fully saturated rings. The third kappa shape index (κ3) is 4.77. The summed E-state index contributed by atoms with van der Waals surface area (Å²) in [6.07, 6.45) is 7.46. The number of hydrogen-bond acceptors (Lipinski definition) is 4. The summed E-state index contributed by atoms with van der Waals surface area (Å²) in [6.45, 7) is 0. The highest BCUT2D eigenvalue weighted by Crippen LogP contribution is 2.26. The Morgan fingerprint density at radius 1 is 0.769 bits per heavy atom. The highest BCUT2D eigenvalue weighted by Gasteiger charge is 2.23. The molecule has 0 amide bonds. The molecule has 0 heterocycles. The largest absolute Gasteiger partial charge is 0.507 e. The summed E-state index contributed by atoms with van der Waals surface area (Å²) in [5.41, 5.74) is 1.27. The van der Waals surface area contributed by atoms with Gasteiger partial charge in [0.05, 0.1) is 12.1 Å². The van der Waals surface area contributed by atoms with Crippen molar-refractivity contribution in [1.82, 2.24) is 0 Å². The average Bonchev–Trinajstić information content (AvgIpc) is 2.61. The van der Waals surface area contributed by atoms with E-state index in [0.717, 1.165) is 25.7 Å². The predicted octanol–water partition coefficient (Wildman–Crippen LogP) is 5.25. The van der Waals surface area contributed by atoms with Crippen LogP contribution in [-0.2, 0) is 0 Å². The van der Waals surface area contributed by atoms with Gasteiger partial charge in [-0.15, -0.1) is 0 Å². The van der Waals surface area contributed by atoms with Gasteiger partial charge in [-0.3, -0.25) is 9.98 Å². The number of rotatable bonds is 4. The summed E-state index contributed by atoms with van der Waals surface area (Å²) in [5.74, 6) is 0.228. The molecule has 4 nitrogen and oxygen atoms in total. The van der Waals surface area contributed by atoms with Crippen LogP contribution in [0.4, 0.5) is 0 Å². The Labute approximate surface area is 162 Å². The summed E-state index contributed by atoms with van der Waals surface area (Å²) in [7, 11) is 0. The molecule has 0 aromatic heterocycles. The smallest absolute Gasteiger partial charge is 0.125 e. The van der Waals surface area contributed by atoms with Crippen molar-refractivity contribution in [3.8, 4) is 11.5 Å². The lowest BCUT2D eigenvalue weighted by atomic mass is 9.91. The fraction of sp³-hybridized carbons (Fsp3) is 0.300. The molecule has 26 heavy (non-hydrogen) atoms. The van der Waals surface area contributed by atoms with Gasteiger partial charge < -0.3 is 10.2 Å². The van der Waals surface area contributed by atoms with E-state index in [1.807, 2.05) is 0 Å². The number of phenols is 2. The average molecular weight is 391 g/mol. The molecule has 2 atom stereocenters. The maximum Gasteiger partial charge on any atom is 0.125 e. The minimum atomic E-state index is 0.0459. The number of hydrogen-bond donors (Lipinski definition) is 2. The van der Waals surface area contributed by atoms with Gasteiger partial charge in [-0.1, -0.05) is 36.0 Å². The van der Waals surface area contributed by atoms with Crippen LogP contribution in [-0.4, -0.2) is 34.7 Å². The van der Waals surface area contributed by atoms with Gasteiger partial charge in [0.1, 0.15) is 11.5 Å². The summed E-state index contributed by atoms with van der Waals surface area (Å²) in [4.78, 5) is 9.30. The monoisotopic (exact) mass is 390 g/mol. The fourth-order valence-electron chi connectivity index (χ4n) is 3.04. The van der Waals surface area contributed by atoms with Crippen LogP contribution in [0.3, 0.4) is 0 Å². The summed E-state index contributed by atoms with van der Waals surface area (Å²) >= 11 is 11.7. The number of phenolic OH excluding ortho intramolecular Hbond substituents is 2. The van der Waals surface area contributed by atoms with Crippen molar-refractivity contribution < 1.29 is 10.2 Å². The number of halogens is 2. The lowest BCUT2D eigenvalue weighted by Crippen LogP contribution is -2.27. The lowest BCUT2D eigenvalue weighted by Gasteiger charge is -2.25. The van der Waals surface area contributed by atoms with Gasteiger partial charge in [0.2, 0.25) is 0 Å². The van der Waals surface area contributed by atoms with Crippen LogP contribution in [0, 0.1) is 0 Å². The maximum absolute atomic E-state index is 9.95. The van der Waals surface area contributed by atoms with Crippen LogP contribution in [0.1, 0.15) is 36.8 Å². The van der Waals surface area contributed by atoms with Gasteiger partial charge in [0.25, 0.3) is 0 Å². The lowest BCUT2D eigenvalue weighted by molar-refractivity contribution is 0.390. The van der Waals surface area contributed by atoms with Crippen LogP contribution in [0.2, 0.25) is 10.0 Å². The van der Waals surface area contributed by atoms with Crippen molar-refractivity contribution >= 4 is 35.6 Å². The molecule has 0 unspecified atom stereocenters. The molecule has 1 aliphatic rings. The van der Waals surface area contributed by atoms with Crippen molar-refractivity contribution in [3.05, 3.63) is 57.6 Å². The zero-order valence-corrected chi connectivity index (χ0v) is 15.7. The fourth-order valence-corrected chi connectivity index (χ4v) is 3.38. The standard InChI is InChI=1S/C20H20Cl2N2O2/c21-15-7-5-13(19(25)9-15)11-23-17-3-1-2-4-18(17)24-12-14-6-8-16(22)10-20(14)26/h5-12,17-18,25-26H,1-4H2/t17-,18+. The highest BCUT2D eigenvalue weighted by atomic mass is 35.5. The topological polar surface area (TPSA) is 65.2 Å². The first-order valence-corrected chi connectivity index (χ1v) is 9.32. The van der Waals surface area contributed by atoms with E-state index in [1.165, 1.54) is 12.1 Å². The maximum atomic E-state index is 9.95. The van der Waals surface area contributed by atoms with Gasteiger partial charge in [-0.25, -0.2) is 0 Å². The zero-order valence-electron chi connectivity index (χ0n) is 14.1. The van der Waals surface area contributed by atoms with Crippen molar-refractivity contribution in [2.75, 3.05) is 0 Å². The van der Waals surface area contributed by atoms with Crippen molar-refractivity contribution in [2.45, 2.75) is 37.8 Å². The van der Waals surface area contributed by atoms with Crippen LogP contribution in [0.25, 0.3) is 0 Å². The molecule has 0 spiro atoms. The van der Waals surface area contributed by atoms with E-state index in [-0.39, 0.29) is 23.6 Å². The molecular weight excluding hydrogens is 371 g/mol. The van der Waals surface area contributed by atoms with E-state index in [1.54, 1.807) is 36.7 Å². The first-order chi connectivity index (χ1) is 12.5. The molecule has 2 aromatic carbocycles. The van der Waals surface area contributed by atoms with Crippen molar-refractivity contribution in [1.29, 1.82) is 0 Å². The quantitative estimate of drug-likeness (QED) is 0.699. The van der Waals surface area contributed by atoms with Crippen molar-refractivity contribution in [3.63, 3.8) is 0 Å². The van der Waals surface area contributed by atoms with E-state index < -0.39 is 0 Å². The highest BCUT2D eigenvalue weighted by molar-refractivity contribution is 6.31. The Morgan fingerprint density at radius 3 is 1.58 bits per heavy atom. The predicted molar refractivity (Wildman–Crippen MR) is 107 cm³/mol.